The van der Waals surface area contributed by atoms with Crippen LogP contribution in [-0.4, -0.2) is 65.8 Å². The molecule has 14 nitrogen and oxygen atoms in total. The number of aryl methyl sites for hydroxylation is 2. The first-order chi connectivity index (χ1) is 35.2. The number of rotatable bonds is 14. The van der Waals surface area contributed by atoms with E-state index < -0.39 is 69.2 Å². The van der Waals surface area contributed by atoms with Gasteiger partial charge in [0.1, 0.15) is 33.7 Å². The second kappa shape index (κ2) is 20.1. The molecule has 4 aromatic carbocycles. The Morgan fingerprint density at radius 2 is 0.851 bits per heavy atom. The number of aliphatic hydroxyl groups excluding tert-OH is 2. The second-order valence-electron chi connectivity index (χ2n) is 18.3. The normalized spacial score (nSPS) is 14.6. The summed E-state index contributed by atoms with van der Waals surface area (Å²) in [6.45, 7) is 2.50. The van der Waals surface area contributed by atoms with Crippen LogP contribution in [0.5, 0.6) is 0 Å². The van der Waals surface area contributed by atoms with Gasteiger partial charge in [-0.15, -0.1) is 0 Å². The minimum absolute atomic E-state index is 0.0294. The molecule has 2 aliphatic carbocycles. The molecule has 4 aromatic heterocycles. The summed E-state index contributed by atoms with van der Waals surface area (Å²) >= 11 is 0. The summed E-state index contributed by atoms with van der Waals surface area (Å²) < 4.78 is 106. The summed E-state index contributed by atoms with van der Waals surface area (Å²) in [5.74, 6) is -1.84. The van der Waals surface area contributed by atoms with Crippen molar-refractivity contribution in [2.45, 2.75) is 88.8 Å². The van der Waals surface area contributed by atoms with E-state index in [4.69, 9.17) is 28.3 Å². The molecule has 0 spiro atoms. The first kappa shape index (κ1) is 51.4. The number of alkyl halides is 6. The molecule has 0 bridgehead atoms. The van der Waals surface area contributed by atoms with Crippen LogP contribution < -0.4 is 0 Å². The van der Waals surface area contributed by atoms with Gasteiger partial charge in [-0.3, -0.25) is 9.59 Å². The van der Waals surface area contributed by atoms with Crippen molar-refractivity contribution in [3.63, 3.8) is 0 Å². The van der Waals surface area contributed by atoms with E-state index in [1.807, 2.05) is 0 Å². The number of ketones is 2. The average molecular weight is 1020 g/mol. The Morgan fingerprint density at radius 3 is 1.20 bits per heavy atom. The van der Waals surface area contributed by atoms with Gasteiger partial charge in [0.15, 0.2) is 46.0 Å². The first-order valence-corrected chi connectivity index (χ1v) is 23.5. The van der Waals surface area contributed by atoms with E-state index in [-0.39, 0.29) is 61.5 Å². The van der Waals surface area contributed by atoms with Gasteiger partial charge in [-0.1, -0.05) is 118 Å². The largest absolute Gasteiger partial charge is 0.422 e. The molecular weight excluding hydrogens is 979 g/mol. The van der Waals surface area contributed by atoms with Crippen molar-refractivity contribution in [1.82, 2.24) is 20.6 Å². The maximum atomic E-state index is 14.2. The average Bonchev–Trinajstić information content (AvgIpc) is 4.22. The lowest BCUT2D eigenvalue weighted by Crippen LogP contribution is -2.32. The summed E-state index contributed by atoms with van der Waals surface area (Å²) in [7, 11) is 0. The lowest BCUT2D eigenvalue weighted by molar-refractivity contribution is -0.137. The molecule has 4 heterocycles. The van der Waals surface area contributed by atoms with Gasteiger partial charge in [0.25, 0.3) is 0 Å². The van der Waals surface area contributed by atoms with Gasteiger partial charge in [0.05, 0.1) is 0 Å². The van der Waals surface area contributed by atoms with E-state index in [1.54, 1.807) is 72.8 Å². The molecule has 0 saturated carbocycles. The topological polar surface area (TPSA) is 219 Å². The number of carbonyl (C=O) groups excluding carboxylic acids is 2. The van der Waals surface area contributed by atoms with E-state index in [1.165, 1.54) is 38.1 Å². The number of aliphatic hydroxyl groups is 4. The maximum absolute atomic E-state index is 14.2. The molecule has 20 heteroatoms. The molecule has 384 valence electrons. The molecule has 0 amide bonds. The van der Waals surface area contributed by atoms with Crippen LogP contribution in [0.3, 0.4) is 0 Å². The molecule has 0 aliphatic heterocycles. The number of hydrogen-bond acceptors (Lipinski definition) is 14. The van der Waals surface area contributed by atoms with Crippen molar-refractivity contribution >= 4 is 11.6 Å². The van der Waals surface area contributed by atoms with Gasteiger partial charge >= 0.3 is 12.4 Å². The van der Waals surface area contributed by atoms with Gasteiger partial charge in [0, 0.05) is 59.4 Å². The molecule has 0 radical (unpaired) electrons. The molecule has 0 unspecified atom stereocenters. The number of halogens is 6. The van der Waals surface area contributed by atoms with Crippen LogP contribution in [0.1, 0.15) is 84.0 Å². The number of Topliss-reactive ketones (excluding diaryl/α,β-unsaturated/α-hetero) is 2. The van der Waals surface area contributed by atoms with Gasteiger partial charge in [-0.25, -0.2) is 0 Å². The SMILES string of the molecule is C[C@@](O)(C(=O)CCCO)c1ccc2c(c1)CCc1c-2noc1-c1noc(-c2ccccc2)c1C(F)(F)F.C[C@](O)(C(=O)CCCO)c1ccc2c(c1)CCc1c-2noc1-c1noc(-c2ccccc2)c1C(F)(F)F. The first-order valence-electron chi connectivity index (χ1n) is 23.5. The zero-order valence-corrected chi connectivity index (χ0v) is 39.6. The predicted octanol–water partition coefficient (Wildman–Crippen LogP) is 10.7. The monoisotopic (exact) mass is 1020 g/mol. The van der Waals surface area contributed by atoms with Crippen molar-refractivity contribution in [3.8, 4) is 68.1 Å². The van der Waals surface area contributed by atoms with Crippen LogP contribution in [-0.2, 0) is 58.8 Å². The Morgan fingerprint density at radius 1 is 0.500 bits per heavy atom. The van der Waals surface area contributed by atoms with E-state index in [0.717, 1.165) is 11.1 Å². The second-order valence-corrected chi connectivity index (χ2v) is 18.3. The van der Waals surface area contributed by atoms with Crippen LogP contribution in [0.2, 0.25) is 0 Å². The summed E-state index contributed by atoms with van der Waals surface area (Å²) in [4.78, 5) is 24.9. The van der Waals surface area contributed by atoms with Crippen LogP contribution in [0.25, 0.3) is 68.1 Å². The van der Waals surface area contributed by atoms with Gasteiger partial charge < -0.3 is 38.5 Å². The molecule has 2 atom stereocenters. The highest BCUT2D eigenvalue weighted by Gasteiger charge is 2.45. The molecule has 8 aromatic rings. The Kier molecular flexibility index (Phi) is 13.9. The van der Waals surface area contributed by atoms with Crippen molar-refractivity contribution in [2.75, 3.05) is 13.2 Å². The van der Waals surface area contributed by atoms with E-state index in [2.05, 4.69) is 20.6 Å². The molecule has 74 heavy (non-hydrogen) atoms. The third-order valence-corrected chi connectivity index (χ3v) is 13.4. The molecule has 4 N–H and O–H groups in total. The van der Waals surface area contributed by atoms with E-state index in [9.17, 15) is 46.1 Å². The Balaban J connectivity index is 0.000000182. The van der Waals surface area contributed by atoms with Crippen LogP contribution in [0.15, 0.2) is 115 Å². The fraction of sp³-hybridized carbons (Fsp3) is 0.296. The van der Waals surface area contributed by atoms with Crippen molar-refractivity contribution in [1.29, 1.82) is 0 Å². The number of fused-ring (bicyclic) bond motifs is 6. The number of nitrogens with zero attached hydrogens (tertiary/aromatic N) is 4. The minimum Gasteiger partial charge on any atom is -0.396 e. The number of hydrogen-bond donors (Lipinski definition) is 4. The summed E-state index contributed by atoms with van der Waals surface area (Å²) in [6, 6.07) is 25.8. The highest BCUT2D eigenvalue weighted by molar-refractivity contribution is 5.89. The van der Waals surface area contributed by atoms with Crippen LogP contribution in [0.4, 0.5) is 26.3 Å². The standard InChI is InChI=1S/2C27H23F3N2O5/c2*1-26(35,20(34)8-5-13-33)17-10-12-18-16(14-17)9-11-19-22(18)31-37-25(19)23-21(27(28,29)30)24(36-32-23)15-6-3-2-4-7-15/h2*2-4,6-7,10,12,14,33,35H,5,8-9,11,13H2,1H3/t2*26-/m10/s1. The quantitative estimate of drug-likeness (QED) is 0.0745. The molecule has 2 aliphatic rings. The lowest BCUT2D eigenvalue weighted by atomic mass is 9.83. The number of aromatic nitrogens is 4. The Labute approximate surface area is 417 Å². The Bertz CT molecular complexity index is 3130. The van der Waals surface area contributed by atoms with Gasteiger partial charge in [-0.2, -0.15) is 26.3 Å². The smallest absolute Gasteiger partial charge is 0.396 e. The fourth-order valence-electron chi connectivity index (χ4n) is 9.34. The lowest BCUT2D eigenvalue weighted by Gasteiger charge is -2.25. The van der Waals surface area contributed by atoms with Crippen LogP contribution >= 0.6 is 0 Å². The zero-order chi connectivity index (χ0) is 52.7. The molecule has 0 saturated heterocycles. The third-order valence-electron chi connectivity index (χ3n) is 13.4. The van der Waals surface area contributed by atoms with Crippen molar-refractivity contribution in [2.24, 2.45) is 0 Å². The maximum Gasteiger partial charge on any atom is 0.422 e. The third kappa shape index (κ3) is 9.60. The van der Waals surface area contributed by atoms with Gasteiger partial charge in [0.2, 0.25) is 0 Å². The summed E-state index contributed by atoms with van der Waals surface area (Å²) in [5.41, 5.74) is -0.657. The molecule has 0 fully saturated rings. The van der Waals surface area contributed by atoms with E-state index in [0.29, 0.717) is 70.5 Å². The highest BCUT2D eigenvalue weighted by Crippen LogP contribution is 2.49. The number of carbonyl (C=O) groups is 2. The summed E-state index contributed by atoms with van der Waals surface area (Å²) in [6.07, 6.45) is -7.47. The minimum atomic E-state index is -4.75. The fourth-order valence-corrected chi connectivity index (χ4v) is 9.34. The Hall–Kier alpha value is -7.52. The predicted molar refractivity (Wildman–Crippen MR) is 252 cm³/mol. The van der Waals surface area contributed by atoms with E-state index >= 15 is 0 Å². The molecular formula is C54H46F6N4O10. The highest BCUT2D eigenvalue weighted by atomic mass is 19.4. The zero-order valence-electron chi connectivity index (χ0n) is 39.6. The van der Waals surface area contributed by atoms with Gasteiger partial charge in [-0.05, 0) is 74.6 Å². The molecule has 10 rings (SSSR count). The number of benzene rings is 4. The summed E-state index contributed by atoms with van der Waals surface area (Å²) in [5, 5.41) is 55.3. The van der Waals surface area contributed by atoms with Crippen LogP contribution in [0, 0.1) is 0 Å². The van der Waals surface area contributed by atoms with Crippen molar-refractivity contribution < 1.29 is 74.5 Å². The van der Waals surface area contributed by atoms with Crippen molar-refractivity contribution in [3.05, 3.63) is 142 Å².